The maximum absolute atomic E-state index is 13.6. The summed E-state index contributed by atoms with van der Waals surface area (Å²) < 4.78 is 13.6. The van der Waals surface area contributed by atoms with E-state index in [9.17, 15) is 9.50 Å². The minimum absolute atomic E-state index is 0.0125. The molecule has 1 fully saturated rings. The lowest BCUT2D eigenvalue weighted by molar-refractivity contribution is 0.105. The average molecular weight is 260 g/mol. The molecule has 1 aromatic heterocycles. The third kappa shape index (κ3) is 2.66. The largest absolute Gasteiger partial charge is 0.391 e. The lowest BCUT2D eigenvalue weighted by Gasteiger charge is -2.35. The Bertz CT molecular complexity index is 404. The third-order valence-corrected chi connectivity index (χ3v) is 3.40. The molecule has 4 nitrogen and oxygen atoms in total. The smallest absolute Gasteiger partial charge is 0.224 e. The van der Waals surface area contributed by atoms with Gasteiger partial charge in [-0.25, -0.2) is 9.37 Å². The summed E-state index contributed by atoms with van der Waals surface area (Å²) in [6, 6.07) is -0.107. The van der Waals surface area contributed by atoms with Crippen LogP contribution in [0.15, 0.2) is 6.20 Å². The summed E-state index contributed by atoms with van der Waals surface area (Å²) in [5.41, 5.74) is 0. The van der Waals surface area contributed by atoms with Crippen LogP contribution in [0.25, 0.3) is 0 Å². The Morgan fingerprint density at radius 3 is 2.88 bits per heavy atom. The molecular formula is C11H15ClFN3O. The lowest BCUT2D eigenvalue weighted by Crippen LogP contribution is -2.44. The molecule has 0 spiro atoms. The molecule has 0 radical (unpaired) electrons. The van der Waals surface area contributed by atoms with E-state index in [0.29, 0.717) is 0 Å². The van der Waals surface area contributed by atoms with Crippen LogP contribution in [0, 0.1) is 5.82 Å². The summed E-state index contributed by atoms with van der Waals surface area (Å²) in [6.45, 7) is 0. The van der Waals surface area contributed by atoms with E-state index in [0.717, 1.165) is 31.9 Å². The van der Waals surface area contributed by atoms with Crippen molar-refractivity contribution in [1.82, 2.24) is 9.97 Å². The van der Waals surface area contributed by atoms with Gasteiger partial charge in [0.1, 0.15) is 0 Å². The van der Waals surface area contributed by atoms with Crippen molar-refractivity contribution in [3.8, 4) is 0 Å². The van der Waals surface area contributed by atoms with Crippen LogP contribution in [0.1, 0.15) is 25.7 Å². The summed E-state index contributed by atoms with van der Waals surface area (Å²) in [5.74, 6) is -0.370. The maximum atomic E-state index is 13.6. The van der Waals surface area contributed by atoms with Gasteiger partial charge in [-0.2, -0.15) is 4.98 Å². The fourth-order valence-corrected chi connectivity index (χ4v) is 2.41. The first-order chi connectivity index (χ1) is 8.09. The Labute approximate surface area is 104 Å². The van der Waals surface area contributed by atoms with E-state index in [1.807, 2.05) is 0 Å². The normalized spacial score (nSPS) is 24.7. The lowest BCUT2D eigenvalue weighted by atomic mass is 9.91. The Balaban J connectivity index is 2.23. The number of likely N-dealkylation sites (N-methyl/N-ethyl adjacent to an activating group) is 1. The highest BCUT2D eigenvalue weighted by Crippen LogP contribution is 2.27. The molecule has 17 heavy (non-hydrogen) atoms. The van der Waals surface area contributed by atoms with Gasteiger partial charge in [0.15, 0.2) is 11.6 Å². The molecule has 1 N–H and O–H groups in total. The van der Waals surface area contributed by atoms with Crippen LogP contribution in [0.3, 0.4) is 0 Å². The summed E-state index contributed by atoms with van der Waals surface area (Å²) in [7, 11) is 1.72. The molecule has 1 heterocycles. The van der Waals surface area contributed by atoms with E-state index < -0.39 is 11.9 Å². The fourth-order valence-electron chi connectivity index (χ4n) is 2.29. The highest BCUT2D eigenvalue weighted by Gasteiger charge is 2.28. The molecule has 2 rings (SSSR count). The molecular weight excluding hydrogens is 245 g/mol. The van der Waals surface area contributed by atoms with Crippen molar-refractivity contribution in [3.05, 3.63) is 17.3 Å². The second-order valence-corrected chi connectivity index (χ2v) is 4.68. The molecule has 0 saturated heterocycles. The minimum Gasteiger partial charge on any atom is -0.391 e. The molecule has 0 aromatic carbocycles. The SMILES string of the molecule is CN(c1nc(Cl)ncc1F)C1CCCCC1O. The van der Waals surface area contributed by atoms with Crippen LogP contribution < -0.4 is 4.90 Å². The second-order valence-electron chi connectivity index (χ2n) is 4.34. The van der Waals surface area contributed by atoms with Crippen LogP contribution >= 0.6 is 11.6 Å². The van der Waals surface area contributed by atoms with E-state index in [1.54, 1.807) is 11.9 Å². The van der Waals surface area contributed by atoms with Crippen molar-refractivity contribution >= 4 is 17.4 Å². The number of rotatable bonds is 2. The summed E-state index contributed by atoms with van der Waals surface area (Å²) in [5, 5.41) is 9.93. The zero-order valence-corrected chi connectivity index (χ0v) is 10.4. The fraction of sp³-hybridized carbons (Fsp3) is 0.636. The van der Waals surface area contributed by atoms with Crippen LogP contribution in [0.4, 0.5) is 10.2 Å². The molecule has 94 valence electrons. The van der Waals surface area contributed by atoms with Gasteiger partial charge in [0.2, 0.25) is 5.28 Å². The minimum atomic E-state index is -0.519. The Morgan fingerprint density at radius 1 is 1.47 bits per heavy atom. The Kier molecular flexibility index (Phi) is 3.79. The van der Waals surface area contributed by atoms with Gasteiger partial charge in [-0.1, -0.05) is 12.8 Å². The number of aliphatic hydroxyl groups is 1. The zero-order valence-electron chi connectivity index (χ0n) is 9.61. The van der Waals surface area contributed by atoms with E-state index in [2.05, 4.69) is 9.97 Å². The molecule has 0 aliphatic heterocycles. The summed E-state index contributed by atoms with van der Waals surface area (Å²) in [4.78, 5) is 9.11. The standard InChI is InChI=1S/C11H15ClFN3O/c1-16(8-4-2-3-5-9(8)17)10-7(13)6-14-11(12)15-10/h6,8-9,17H,2-5H2,1H3. The van der Waals surface area contributed by atoms with Gasteiger partial charge in [0.25, 0.3) is 0 Å². The number of anilines is 1. The highest BCUT2D eigenvalue weighted by atomic mass is 35.5. The van der Waals surface area contributed by atoms with Gasteiger partial charge in [0.05, 0.1) is 18.3 Å². The molecule has 6 heteroatoms. The highest BCUT2D eigenvalue weighted by molar-refractivity contribution is 6.28. The average Bonchev–Trinajstić information content (AvgIpc) is 2.32. The molecule has 1 saturated carbocycles. The van der Waals surface area contributed by atoms with E-state index in [4.69, 9.17) is 11.6 Å². The Hall–Kier alpha value is -0.940. The topological polar surface area (TPSA) is 49.2 Å². The number of hydrogen-bond acceptors (Lipinski definition) is 4. The first kappa shape index (κ1) is 12.5. The maximum Gasteiger partial charge on any atom is 0.224 e. The number of nitrogens with zero attached hydrogens (tertiary/aromatic N) is 3. The number of aromatic nitrogens is 2. The number of aliphatic hydroxyl groups excluding tert-OH is 1. The molecule has 1 aromatic rings. The molecule has 0 amide bonds. The quantitative estimate of drug-likeness (QED) is 0.826. The van der Waals surface area contributed by atoms with Gasteiger partial charge in [-0.05, 0) is 24.4 Å². The molecule has 2 atom stereocenters. The van der Waals surface area contributed by atoms with Crippen molar-refractivity contribution in [2.24, 2.45) is 0 Å². The van der Waals surface area contributed by atoms with Gasteiger partial charge in [-0.15, -0.1) is 0 Å². The van der Waals surface area contributed by atoms with Crippen molar-refractivity contribution < 1.29 is 9.50 Å². The molecule has 2 unspecified atom stereocenters. The molecule has 1 aliphatic carbocycles. The first-order valence-electron chi connectivity index (χ1n) is 5.68. The Morgan fingerprint density at radius 2 is 2.18 bits per heavy atom. The predicted octanol–water partition coefficient (Wildman–Crippen LogP) is 2.01. The second kappa shape index (κ2) is 5.14. The van der Waals surface area contributed by atoms with Crippen molar-refractivity contribution in [2.45, 2.75) is 37.8 Å². The number of hydrogen-bond donors (Lipinski definition) is 1. The van der Waals surface area contributed by atoms with Crippen LogP contribution in [0.2, 0.25) is 5.28 Å². The monoisotopic (exact) mass is 259 g/mol. The van der Waals surface area contributed by atoms with Crippen molar-refractivity contribution in [1.29, 1.82) is 0 Å². The van der Waals surface area contributed by atoms with Crippen LogP contribution in [0.5, 0.6) is 0 Å². The number of halogens is 2. The zero-order chi connectivity index (χ0) is 12.4. The predicted molar refractivity (Wildman–Crippen MR) is 63.7 cm³/mol. The van der Waals surface area contributed by atoms with Crippen molar-refractivity contribution in [3.63, 3.8) is 0 Å². The van der Waals surface area contributed by atoms with Gasteiger partial charge in [0, 0.05) is 7.05 Å². The van der Waals surface area contributed by atoms with E-state index >= 15 is 0 Å². The van der Waals surface area contributed by atoms with Crippen LogP contribution in [-0.2, 0) is 0 Å². The van der Waals surface area contributed by atoms with Crippen molar-refractivity contribution in [2.75, 3.05) is 11.9 Å². The van der Waals surface area contributed by atoms with E-state index in [1.165, 1.54) is 0 Å². The van der Waals surface area contributed by atoms with Gasteiger partial charge < -0.3 is 10.0 Å². The third-order valence-electron chi connectivity index (χ3n) is 3.22. The summed E-state index contributed by atoms with van der Waals surface area (Å²) >= 11 is 5.66. The molecule has 1 aliphatic rings. The van der Waals surface area contributed by atoms with Crippen LogP contribution in [-0.4, -0.2) is 34.3 Å². The van der Waals surface area contributed by atoms with E-state index in [-0.39, 0.29) is 17.1 Å². The van der Waals surface area contributed by atoms with Gasteiger partial charge in [-0.3, -0.25) is 0 Å². The summed E-state index contributed by atoms with van der Waals surface area (Å²) in [6.07, 6.45) is 4.23. The first-order valence-corrected chi connectivity index (χ1v) is 6.06. The van der Waals surface area contributed by atoms with Gasteiger partial charge >= 0.3 is 0 Å². The molecule has 0 bridgehead atoms.